The van der Waals surface area contributed by atoms with Crippen molar-refractivity contribution in [2.45, 2.75) is 13.8 Å². The third-order valence-electron chi connectivity index (χ3n) is 4.73. The molecule has 1 N–H and O–H groups in total. The third kappa shape index (κ3) is 6.68. The highest BCUT2D eigenvalue weighted by Crippen LogP contribution is 2.32. The van der Waals surface area contributed by atoms with Gasteiger partial charge in [0.15, 0.2) is 18.1 Å². The van der Waals surface area contributed by atoms with Crippen molar-refractivity contribution in [2.75, 3.05) is 18.5 Å². The highest BCUT2D eigenvalue weighted by molar-refractivity contribution is 6.36. The number of aryl methyl sites for hydroxylation is 1. The Kier molecular flexibility index (Phi) is 8.84. The molecule has 174 valence electrons. The maximum Gasteiger partial charge on any atom is 0.262 e. The maximum atomic E-state index is 12.3. The second kappa shape index (κ2) is 11.8. The van der Waals surface area contributed by atoms with Gasteiger partial charge in [-0.3, -0.25) is 4.79 Å². The monoisotopic (exact) mass is 514 g/mol. The summed E-state index contributed by atoms with van der Waals surface area (Å²) in [6.07, 6.45) is 1.69. The van der Waals surface area contributed by atoms with Crippen molar-refractivity contribution in [2.24, 2.45) is 0 Å². The van der Waals surface area contributed by atoms with Gasteiger partial charge in [0.1, 0.15) is 0 Å². The molecule has 0 aliphatic heterocycles. The van der Waals surface area contributed by atoms with E-state index in [2.05, 4.69) is 11.4 Å². The molecule has 0 aliphatic carbocycles. The molecule has 3 aromatic carbocycles. The third-order valence-corrected chi connectivity index (χ3v) is 5.69. The number of hydrogen-bond acceptors (Lipinski definition) is 4. The van der Waals surface area contributed by atoms with Crippen LogP contribution in [0.5, 0.6) is 11.5 Å². The highest BCUT2D eigenvalue weighted by Gasteiger charge is 2.12. The van der Waals surface area contributed by atoms with E-state index < -0.39 is 0 Å². The summed E-state index contributed by atoms with van der Waals surface area (Å²) < 4.78 is 11.4. The molecular weight excluding hydrogens is 495 g/mol. The van der Waals surface area contributed by atoms with Gasteiger partial charge in [-0.25, -0.2) is 0 Å². The maximum absolute atomic E-state index is 12.3. The van der Waals surface area contributed by atoms with Crippen LogP contribution in [-0.2, 0) is 4.79 Å². The summed E-state index contributed by atoms with van der Waals surface area (Å²) in [5.74, 6) is 0.511. The van der Waals surface area contributed by atoms with Gasteiger partial charge in [0, 0.05) is 21.3 Å². The number of allylic oxidation sites excluding steroid dienone is 1. The van der Waals surface area contributed by atoms with Gasteiger partial charge in [0.05, 0.1) is 23.3 Å². The Bertz CT molecular complexity index is 1280. The number of ether oxygens (including phenoxy) is 2. The number of nitrogens with zero attached hydrogens (tertiary/aromatic N) is 1. The van der Waals surface area contributed by atoms with Crippen molar-refractivity contribution < 1.29 is 14.3 Å². The molecule has 1 amide bonds. The van der Waals surface area contributed by atoms with E-state index >= 15 is 0 Å². The zero-order chi connectivity index (χ0) is 24.7. The van der Waals surface area contributed by atoms with Crippen LogP contribution in [0.15, 0.2) is 54.6 Å². The van der Waals surface area contributed by atoms with Crippen molar-refractivity contribution >= 4 is 58.0 Å². The number of hydrogen-bond donors (Lipinski definition) is 1. The molecule has 0 unspecified atom stereocenters. The predicted octanol–water partition coefficient (Wildman–Crippen LogP) is 7.44. The van der Waals surface area contributed by atoms with E-state index in [0.717, 1.165) is 5.56 Å². The minimum atomic E-state index is -0.338. The molecule has 5 nitrogen and oxygen atoms in total. The number of benzene rings is 3. The summed E-state index contributed by atoms with van der Waals surface area (Å²) in [5, 5.41) is 13.8. The van der Waals surface area contributed by atoms with E-state index in [4.69, 9.17) is 44.3 Å². The van der Waals surface area contributed by atoms with E-state index in [1.54, 1.807) is 54.6 Å². The summed E-state index contributed by atoms with van der Waals surface area (Å²) in [6, 6.07) is 17.6. The van der Waals surface area contributed by atoms with Gasteiger partial charge in [0.25, 0.3) is 5.91 Å². The summed E-state index contributed by atoms with van der Waals surface area (Å²) >= 11 is 18.3. The molecule has 0 saturated heterocycles. The van der Waals surface area contributed by atoms with Crippen molar-refractivity contribution in [3.8, 4) is 17.6 Å². The number of rotatable bonds is 8. The van der Waals surface area contributed by atoms with Crippen LogP contribution >= 0.6 is 34.8 Å². The fourth-order valence-electron chi connectivity index (χ4n) is 3.06. The second-order valence-corrected chi connectivity index (χ2v) is 8.48. The molecule has 0 atom stereocenters. The quantitative estimate of drug-likeness (QED) is 0.250. The molecule has 0 aliphatic rings. The van der Waals surface area contributed by atoms with Crippen LogP contribution in [0, 0.1) is 18.3 Å². The van der Waals surface area contributed by atoms with Crippen LogP contribution in [0.3, 0.4) is 0 Å². The minimum absolute atomic E-state index is 0.218. The molecule has 3 rings (SSSR count). The van der Waals surface area contributed by atoms with Crippen molar-refractivity contribution in [1.29, 1.82) is 5.26 Å². The van der Waals surface area contributed by atoms with E-state index in [1.807, 2.05) is 19.9 Å². The van der Waals surface area contributed by atoms with Gasteiger partial charge in [-0.2, -0.15) is 5.26 Å². The topological polar surface area (TPSA) is 71.3 Å². The Balaban J connectivity index is 1.76. The largest absolute Gasteiger partial charge is 0.490 e. The first-order valence-electron chi connectivity index (χ1n) is 10.3. The van der Waals surface area contributed by atoms with Gasteiger partial charge in [-0.15, -0.1) is 0 Å². The molecule has 0 saturated carbocycles. The molecular formula is C26H21Cl3N2O3. The van der Waals surface area contributed by atoms with Crippen molar-refractivity contribution in [3.63, 3.8) is 0 Å². The predicted molar refractivity (Wildman–Crippen MR) is 138 cm³/mol. The van der Waals surface area contributed by atoms with Crippen LogP contribution in [0.4, 0.5) is 5.69 Å². The summed E-state index contributed by atoms with van der Waals surface area (Å²) in [4.78, 5) is 12.3. The van der Waals surface area contributed by atoms with Gasteiger partial charge >= 0.3 is 0 Å². The first kappa shape index (κ1) is 25.5. The number of halogens is 3. The standard InChI is InChI=1S/C26H21Cl3N2O3/c1-3-33-25-11-17(10-18(14-30)21-8-6-19(27)12-23(21)29)5-9-24(25)34-15-26(32)31-20-7-4-16(2)22(28)13-20/h4-13H,3,15H2,1-2H3,(H,31,32)/b18-10+. The van der Waals surface area contributed by atoms with E-state index in [1.165, 1.54) is 0 Å². The Morgan fingerprint density at radius 2 is 1.79 bits per heavy atom. The number of carbonyl (C=O) groups is 1. The average molecular weight is 516 g/mol. The lowest BCUT2D eigenvalue weighted by Gasteiger charge is -2.13. The number of carbonyl (C=O) groups excluding carboxylic acids is 1. The molecule has 0 fully saturated rings. The normalized spacial score (nSPS) is 11.0. The van der Waals surface area contributed by atoms with Crippen LogP contribution in [0.2, 0.25) is 15.1 Å². The molecule has 0 radical (unpaired) electrons. The average Bonchev–Trinajstić information content (AvgIpc) is 2.80. The first-order chi connectivity index (χ1) is 16.3. The number of amides is 1. The lowest BCUT2D eigenvalue weighted by atomic mass is 10.0. The SMILES string of the molecule is CCOc1cc(/C=C(\C#N)c2ccc(Cl)cc2Cl)ccc1OCC(=O)Nc1ccc(C)c(Cl)c1. The molecule has 0 bridgehead atoms. The van der Waals surface area contributed by atoms with E-state index in [-0.39, 0.29) is 12.5 Å². The highest BCUT2D eigenvalue weighted by atomic mass is 35.5. The Hall–Kier alpha value is -3.17. The Labute approximate surface area is 213 Å². The summed E-state index contributed by atoms with van der Waals surface area (Å²) in [7, 11) is 0. The van der Waals surface area contributed by atoms with Crippen molar-refractivity contribution in [3.05, 3.63) is 86.4 Å². The van der Waals surface area contributed by atoms with Crippen molar-refractivity contribution in [1.82, 2.24) is 0 Å². The molecule has 8 heteroatoms. The number of anilines is 1. The molecule has 0 aromatic heterocycles. The van der Waals surface area contributed by atoms with Crippen LogP contribution in [0.25, 0.3) is 11.6 Å². The zero-order valence-electron chi connectivity index (χ0n) is 18.5. The molecule has 3 aromatic rings. The van der Waals surface area contributed by atoms with Crippen LogP contribution < -0.4 is 14.8 Å². The van der Waals surface area contributed by atoms with Crippen LogP contribution in [0.1, 0.15) is 23.6 Å². The van der Waals surface area contributed by atoms with Gasteiger partial charge < -0.3 is 14.8 Å². The second-order valence-electron chi connectivity index (χ2n) is 7.23. The first-order valence-corrected chi connectivity index (χ1v) is 11.5. The minimum Gasteiger partial charge on any atom is -0.490 e. The lowest BCUT2D eigenvalue weighted by molar-refractivity contribution is -0.118. The molecule has 0 spiro atoms. The Morgan fingerprint density at radius 3 is 2.47 bits per heavy atom. The smallest absolute Gasteiger partial charge is 0.262 e. The Morgan fingerprint density at radius 1 is 1.00 bits per heavy atom. The summed E-state index contributed by atoms with van der Waals surface area (Å²) in [5.41, 5.74) is 3.15. The number of nitrogens with one attached hydrogen (secondary N) is 1. The summed E-state index contributed by atoms with van der Waals surface area (Å²) in [6.45, 7) is 3.90. The van der Waals surface area contributed by atoms with Gasteiger partial charge in [-0.1, -0.05) is 53.0 Å². The number of nitriles is 1. The fraction of sp³-hybridized carbons (Fsp3) is 0.154. The van der Waals surface area contributed by atoms with Crippen LogP contribution in [-0.4, -0.2) is 19.1 Å². The zero-order valence-corrected chi connectivity index (χ0v) is 20.8. The molecule has 0 heterocycles. The van der Waals surface area contributed by atoms with Gasteiger partial charge in [-0.05, 0) is 67.4 Å². The van der Waals surface area contributed by atoms with E-state index in [9.17, 15) is 10.1 Å². The van der Waals surface area contributed by atoms with E-state index in [0.29, 0.717) is 55.6 Å². The van der Waals surface area contributed by atoms with Gasteiger partial charge in [0.2, 0.25) is 0 Å². The lowest BCUT2D eigenvalue weighted by Crippen LogP contribution is -2.20. The fourth-order valence-corrected chi connectivity index (χ4v) is 3.75. The molecule has 34 heavy (non-hydrogen) atoms.